The predicted octanol–water partition coefficient (Wildman–Crippen LogP) is 2.18. The third kappa shape index (κ3) is 6.13. The number of rotatable bonds is 5. The van der Waals surface area contributed by atoms with Crippen LogP contribution in [0.3, 0.4) is 0 Å². The van der Waals surface area contributed by atoms with Gasteiger partial charge >= 0.3 is 12.1 Å². The van der Waals surface area contributed by atoms with Crippen molar-refractivity contribution in [3.8, 4) is 0 Å². The first-order chi connectivity index (χ1) is 10.2. The molecule has 1 aromatic carbocycles. The molecule has 6 heteroatoms. The lowest BCUT2D eigenvalue weighted by Gasteiger charge is -2.26. The van der Waals surface area contributed by atoms with E-state index in [-0.39, 0.29) is 6.42 Å². The molecule has 0 bridgehead atoms. The SMILES string of the molecule is COC(=O)C[C@@H](O)[C@@H](NC(=O)OC(C)(C)C)c1ccccc1. The van der Waals surface area contributed by atoms with E-state index < -0.39 is 29.8 Å². The van der Waals surface area contributed by atoms with Gasteiger partial charge in [0.05, 0.1) is 25.7 Å². The van der Waals surface area contributed by atoms with Gasteiger partial charge in [0.1, 0.15) is 5.60 Å². The zero-order valence-electron chi connectivity index (χ0n) is 13.3. The molecule has 0 aliphatic carbocycles. The first kappa shape index (κ1) is 18.0. The van der Waals surface area contributed by atoms with Crippen LogP contribution in [0.4, 0.5) is 4.79 Å². The Labute approximate surface area is 130 Å². The molecule has 0 aliphatic heterocycles. The van der Waals surface area contributed by atoms with Crippen molar-refractivity contribution >= 4 is 12.1 Å². The fourth-order valence-electron chi connectivity index (χ4n) is 1.87. The minimum absolute atomic E-state index is 0.230. The zero-order valence-corrected chi connectivity index (χ0v) is 13.3. The van der Waals surface area contributed by atoms with Crippen LogP contribution >= 0.6 is 0 Å². The Hall–Kier alpha value is -2.08. The summed E-state index contributed by atoms with van der Waals surface area (Å²) in [7, 11) is 1.24. The first-order valence-electron chi connectivity index (χ1n) is 7.02. The van der Waals surface area contributed by atoms with Crippen LogP contribution in [0.15, 0.2) is 30.3 Å². The zero-order chi connectivity index (χ0) is 16.8. The molecule has 1 aromatic rings. The topological polar surface area (TPSA) is 84.9 Å². The molecule has 0 fully saturated rings. The number of hydrogen-bond acceptors (Lipinski definition) is 5. The molecule has 0 radical (unpaired) electrons. The quantitative estimate of drug-likeness (QED) is 0.814. The molecule has 0 aromatic heterocycles. The molecule has 1 rings (SSSR count). The van der Waals surface area contributed by atoms with Gasteiger partial charge in [0.25, 0.3) is 0 Å². The molecule has 22 heavy (non-hydrogen) atoms. The number of methoxy groups -OCH3 is 1. The molecule has 122 valence electrons. The van der Waals surface area contributed by atoms with Crippen LogP contribution in [0.5, 0.6) is 0 Å². The van der Waals surface area contributed by atoms with Crippen molar-refractivity contribution in [2.75, 3.05) is 7.11 Å². The van der Waals surface area contributed by atoms with Crippen LogP contribution in [-0.2, 0) is 14.3 Å². The smallest absolute Gasteiger partial charge is 0.408 e. The van der Waals surface area contributed by atoms with Crippen molar-refractivity contribution in [3.05, 3.63) is 35.9 Å². The van der Waals surface area contributed by atoms with E-state index in [0.29, 0.717) is 5.56 Å². The average Bonchev–Trinajstić information content (AvgIpc) is 2.43. The third-order valence-electron chi connectivity index (χ3n) is 2.82. The van der Waals surface area contributed by atoms with E-state index in [1.807, 2.05) is 6.07 Å². The Kier molecular flexibility index (Phi) is 6.37. The number of ether oxygens (including phenoxy) is 2. The molecular weight excluding hydrogens is 286 g/mol. The summed E-state index contributed by atoms with van der Waals surface area (Å²) < 4.78 is 9.74. The number of amides is 1. The lowest BCUT2D eigenvalue weighted by Crippen LogP contribution is -2.40. The standard InChI is InChI=1S/C16H23NO5/c1-16(2,3)22-15(20)17-14(11-8-6-5-7-9-11)12(18)10-13(19)21-4/h5-9,12,14,18H,10H2,1-4H3,(H,17,20)/t12-,14+/m1/s1. The predicted molar refractivity (Wildman–Crippen MR) is 81.2 cm³/mol. The lowest BCUT2D eigenvalue weighted by atomic mass is 9.99. The molecule has 2 atom stereocenters. The summed E-state index contributed by atoms with van der Waals surface area (Å²) in [5.41, 5.74) is 0.0169. The molecule has 1 amide bonds. The second-order valence-corrected chi connectivity index (χ2v) is 5.88. The summed E-state index contributed by atoms with van der Waals surface area (Å²) in [5.74, 6) is -0.556. The van der Waals surface area contributed by atoms with Gasteiger partial charge in [-0.15, -0.1) is 0 Å². The number of carbonyl (C=O) groups is 2. The number of alkyl carbamates (subject to hydrolysis) is 1. The number of esters is 1. The Morgan fingerprint density at radius 3 is 2.32 bits per heavy atom. The fourth-order valence-corrected chi connectivity index (χ4v) is 1.87. The molecule has 2 N–H and O–H groups in total. The van der Waals surface area contributed by atoms with Crippen molar-refractivity contribution in [2.45, 2.75) is 44.9 Å². The van der Waals surface area contributed by atoms with Crippen LogP contribution in [-0.4, -0.2) is 36.0 Å². The van der Waals surface area contributed by atoms with Gasteiger partial charge in [-0.05, 0) is 26.3 Å². The van der Waals surface area contributed by atoms with Gasteiger partial charge in [-0.25, -0.2) is 4.79 Å². The van der Waals surface area contributed by atoms with E-state index in [9.17, 15) is 14.7 Å². The molecule has 0 aliphatic rings. The number of nitrogens with one attached hydrogen (secondary N) is 1. The molecule has 0 heterocycles. The maximum absolute atomic E-state index is 11.9. The van der Waals surface area contributed by atoms with Gasteiger partial charge < -0.3 is 19.9 Å². The van der Waals surface area contributed by atoms with Crippen LogP contribution in [0.25, 0.3) is 0 Å². The molecule has 0 saturated carbocycles. The minimum atomic E-state index is -1.12. The van der Waals surface area contributed by atoms with Gasteiger partial charge in [0.15, 0.2) is 0 Å². The summed E-state index contributed by atoms with van der Waals surface area (Å²) in [5, 5.41) is 12.8. The van der Waals surface area contributed by atoms with Crippen molar-refractivity contribution in [1.29, 1.82) is 0 Å². The van der Waals surface area contributed by atoms with E-state index in [2.05, 4.69) is 10.1 Å². The number of carbonyl (C=O) groups excluding carboxylic acids is 2. The van der Waals surface area contributed by atoms with Crippen molar-refractivity contribution in [2.24, 2.45) is 0 Å². The van der Waals surface area contributed by atoms with Crippen LogP contribution < -0.4 is 5.32 Å². The van der Waals surface area contributed by atoms with E-state index >= 15 is 0 Å². The van der Waals surface area contributed by atoms with E-state index in [4.69, 9.17) is 4.74 Å². The van der Waals surface area contributed by atoms with Gasteiger partial charge in [-0.2, -0.15) is 0 Å². The molecule has 0 spiro atoms. The van der Waals surface area contributed by atoms with E-state index in [0.717, 1.165) is 0 Å². The second-order valence-electron chi connectivity index (χ2n) is 5.88. The maximum Gasteiger partial charge on any atom is 0.408 e. The third-order valence-corrected chi connectivity index (χ3v) is 2.82. The van der Waals surface area contributed by atoms with Gasteiger partial charge in [0, 0.05) is 0 Å². The van der Waals surface area contributed by atoms with Crippen molar-refractivity contribution < 1.29 is 24.2 Å². The highest BCUT2D eigenvalue weighted by Gasteiger charge is 2.27. The van der Waals surface area contributed by atoms with Gasteiger partial charge in [0.2, 0.25) is 0 Å². The normalized spacial score (nSPS) is 13.9. The molecular formula is C16H23NO5. The van der Waals surface area contributed by atoms with E-state index in [1.54, 1.807) is 45.0 Å². The Balaban J connectivity index is 2.88. The Morgan fingerprint density at radius 2 is 1.82 bits per heavy atom. The van der Waals surface area contributed by atoms with Crippen molar-refractivity contribution in [3.63, 3.8) is 0 Å². The molecule has 0 unspecified atom stereocenters. The summed E-state index contributed by atoms with van der Waals surface area (Å²) >= 11 is 0. The second kappa shape index (κ2) is 7.79. The summed E-state index contributed by atoms with van der Waals surface area (Å²) in [6, 6.07) is 8.12. The van der Waals surface area contributed by atoms with Crippen molar-refractivity contribution in [1.82, 2.24) is 5.32 Å². The van der Waals surface area contributed by atoms with Gasteiger partial charge in [-0.3, -0.25) is 4.79 Å². The Morgan fingerprint density at radius 1 is 1.23 bits per heavy atom. The number of aliphatic hydroxyl groups excluding tert-OH is 1. The van der Waals surface area contributed by atoms with E-state index in [1.165, 1.54) is 7.11 Å². The highest BCUT2D eigenvalue weighted by Crippen LogP contribution is 2.20. The molecule has 0 saturated heterocycles. The number of aliphatic hydroxyl groups is 1. The first-order valence-corrected chi connectivity index (χ1v) is 7.02. The summed E-state index contributed by atoms with van der Waals surface area (Å²) in [6.45, 7) is 5.24. The average molecular weight is 309 g/mol. The highest BCUT2D eigenvalue weighted by molar-refractivity contribution is 5.71. The fraction of sp³-hybridized carbons (Fsp3) is 0.500. The molecule has 6 nitrogen and oxygen atoms in total. The minimum Gasteiger partial charge on any atom is -0.469 e. The summed E-state index contributed by atoms with van der Waals surface area (Å²) in [6.07, 6.45) is -2.01. The largest absolute Gasteiger partial charge is 0.469 e. The van der Waals surface area contributed by atoms with Crippen LogP contribution in [0, 0.1) is 0 Å². The van der Waals surface area contributed by atoms with Crippen LogP contribution in [0.1, 0.15) is 38.8 Å². The monoisotopic (exact) mass is 309 g/mol. The van der Waals surface area contributed by atoms with Crippen LogP contribution in [0.2, 0.25) is 0 Å². The summed E-state index contributed by atoms with van der Waals surface area (Å²) in [4.78, 5) is 23.3. The maximum atomic E-state index is 11.9. The lowest BCUT2D eigenvalue weighted by molar-refractivity contribution is -0.143. The number of hydrogen-bond donors (Lipinski definition) is 2. The number of benzene rings is 1. The highest BCUT2D eigenvalue weighted by atomic mass is 16.6. The Bertz CT molecular complexity index is 495. The van der Waals surface area contributed by atoms with Gasteiger partial charge in [-0.1, -0.05) is 30.3 Å².